The second kappa shape index (κ2) is 10.3. The Balaban J connectivity index is 1.36. The Morgan fingerprint density at radius 3 is 2.50 bits per heavy atom. The number of nitrogens with zero attached hydrogens (tertiary/aromatic N) is 4. The fourth-order valence-corrected chi connectivity index (χ4v) is 4.15. The van der Waals surface area contributed by atoms with Gasteiger partial charge in [-0.3, -0.25) is 14.6 Å². The maximum atomic E-state index is 12.7. The van der Waals surface area contributed by atoms with E-state index in [-0.39, 0.29) is 5.91 Å². The Morgan fingerprint density at radius 2 is 1.73 bits per heavy atom. The van der Waals surface area contributed by atoms with E-state index < -0.39 is 0 Å². The second-order valence-electron chi connectivity index (χ2n) is 7.94. The zero-order chi connectivity index (χ0) is 20.8. The number of fused-ring (bicyclic) bond motifs is 1. The first-order valence-corrected chi connectivity index (χ1v) is 10.9. The SMILES string of the molecule is COCCN1CCN(c2ccc3ccc(C(=O)NCCN4CCOCC4)cn23)CC1. The number of hydrogen-bond donors (Lipinski definition) is 1. The van der Waals surface area contributed by atoms with Crippen LogP contribution < -0.4 is 10.2 Å². The molecule has 2 fully saturated rings. The van der Waals surface area contributed by atoms with Crippen LogP contribution >= 0.6 is 0 Å². The van der Waals surface area contributed by atoms with Crippen molar-refractivity contribution in [2.24, 2.45) is 0 Å². The zero-order valence-corrected chi connectivity index (χ0v) is 17.9. The smallest absolute Gasteiger partial charge is 0.252 e. The van der Waals surface area contributed by atoms with Crippen molar-refractivity contribution >= 4 is 17.2 Å². The van der Waals surface area contributed by atoms with Crippen molar-refractivity contribution in [2.45, 2.75) is 0 Å². The molecule has 0 aromatic carbocycles. The minimum absolute atomic E-state index is 0.0193. The number of morpholine rings is 1. The highest BCUT2D eigenvalue weighted by molar-refractivity contribution is 5.94. The Morgan fingerprint density at radius 1 is 1.00 bits per heavy atom. The van der Waals surface area contributed by atoms with E-state index in [1.807, 2.05) is 18.3 Å². The largest absolute Gasteiger partial charge is 0.383 e. The number of ether oxygens (including phenoxy) is 2. The van der Waals surface area contributed by atoms with Crippen LogP contribution in [0.2, 0.25) is 0 Å². The van der Waals surface area contributed by atoms with Crippen molar-refractivity contribution in [1.82, 2.24) is 19.5 Å². The van der Waals surface area contributed by atoms with Crippen LogP contribution in [-0.4, -0.2) is 106 Å². The molecule has 0 unspecified atom stereocenters. The van der Waals surface area contributed by atoms with E-state index in [9.17, 15) is 4.79 Å². The molecule has 4 rings (SSSR count). The zero-order valence-electron chi connectivity index (χ0n) is 17.9. The van der Waals surface area contributed by atoms with Crippen molar-refractivity contribution in [1.29, 1.82) is 0 Å². The minimum Gasteiger partial charge on any atom is -0.383 e. The van der Waals surface area contributed by atoms with Gasteiger partial charge in [-0.2, -0.15) is 0 Å². The minimum atomic E-state index is -0.0193. The van der Waals surface area contributed by atoms with Crippen LogP contribution in [0.1, 0.15) is 10.4 Å². The van der Waals surface area contributed by atoms with Gasteiger partial charge in [-0.05, 0) is 24.3 Å². The molecular formula is C22H33N5O3. The molecule has 2 aliphatic rings. The Kier molecular flexibility index (Phi) is 7.22. The number of aromatic nitrogens is 1. The molecule has 2 saturated heterocycles. The third kappa shape index (κ3) is 5.13. The Labute approximate surface area is 178 Å². The summed E-state index contributed by atoms with van der Waals surface area (Å²) < 4.78 is 12.7. The predicted octanol–water partition coefficient (Wildman–Crippen LogP) is 0.770. The fourth-order valence-electron chi connectivity index (χ4n) is 4.15. The van der Waals surface area contributed by atoms with E-state index in [1.54, 1.807) is 7.11 Å². The molecule has 0 spiro atoms. The first kappa shape index (κ1) is 21.1. The molecule has 1 N–H and O–H groups in total. The number of hydrogen-bond acceptors (Lipinski definition) is 6. The molecule has 8 nitrogen and oxygen atoms in total. The van der Waals surface area contributed by atoms with Gasteiger partial charge in [0.2, 0.25) is 0 Å². The van der Waals surface area contributed by atoms with Gasteiger partial charge in [0, 0.05) is 77.7 Å². The highest BCUT2D eigenvalue weighted by Crippen LogP contribution is 2.22. The third-order valence-electron chi connectivity index (χ3n) is 6.02. The van der Waals surface area contributed by atoms with E-state index >= 15 is 0 Å². The average Bonchev–Trinajstić information content (AvgIpc) is 3.22. The summed E-state index contributed by atoms with van der Waals surface area (Å²) in [6.07, 6.45) is 1.96. The molecule has 30 heavy (non-hydrogen) atoms. The first-order chi connectivity index (χ1) is 14.7. The van der Waals surface area contributed by atoms with Crippen molar-refractivity contribution in [3.63, 3.8) is 0 Å². The molecule has 0 radical (unpaired) electrons. The average molecular weight is 416 g/mol. The van der Waals surface area contributed by atoms with Crippen LogP contribution in [0.3, 0.4) is 0 Å². The van der Waals surface area contributed by atoms with Crippen LogP contribution in [0.4, 0.5) is 5.82 Å². The van der Waals surface area contributed by atoms with Crippen LogP contribution in [-0.2, 0) is 9.47 Å². The van der Waals surface area contributed by atoms with Crippen LogP contribution in [0, 0.1) is 0 Å². The maximum absolute atomic E-state index is 12.7. The van der Waals surface area contributed by atoms with E-state index in [2.05, 4.69) is 36.5 Å². The quantitative estimate of drug-likeness (QED) is 0.687. The molecule has 0 saturated carbocycles. The van der Waals surface area contributed by atoms with E-state index in [4.69, 9.17) is 9.47 Å². The summed E-state index contributed by atoms with van der Waals surface area (Å²) in [5.41, 5.74) is 1.80. The highest BCUT2D eigenvalue weighted by atomic mass is 16.5. The molecule has 4 heterocycles. The lowest BCUT2D eigenvalue weighted by Gasteiger charge is -2.35. The number of pyridine rings is 1. The molecular weight excluding hydrogens is 382 g/mol. The molecule has 2 aromatic rings. The lowest BCUT2D eigenvalue weighted by Crippen LogP contribution is -2.47. The topological polar surface area (TPSA) is 61.7 Å². The summed E-state index contributed by atoms with van der Waals surface area (Å²) in [6, 6.07) is 8.20. The number of anilines is 1. The predicted molar refractivity (Wildman–Crippen MR) is 118 cm³/mol. The van der Waals surface area contributed by atoms with E-state index in [0.29, 0.717) is 12.1 Å². The molecule has 0 bridgehead atoms. The van der Waals surface area contributed by atoms with E-state index in [0.717, 1.165) is 83.5 Å². The third-order valence-corrected chi connectivity index (χ3v) is 6.02. The second-order valence-corrected chi connectivity index (χ2v) is 7.94. The number of amides is 1. The van der Waals surface area contributed by atoms with Gasteiger partial charge in [-0.25, -0.2) is 0 Å². The van der Waals surface area contributed by atoms with Crippen LogP contribution in [0.5, 0.6) is 0 Å². The van der Waals surface area contributed by atoms with Crippen molar-refractivity contribution in [2.75, 3.05) is 90.7 Å². The van der Waals surface area contributed by atoms with Crippen LogP contribution in [0.15, 0.2) is 30.5 Å². The molecule has 0 aliphatic carbocycles. The molecule has 1 amide bonds. The summed E-state index contributed by atoms with van der Waals surface area (Å²) in [5, 5.41) is 3.06. The number of carbonyl (C=O) groups excluding carboxylic acids is 1. The number of piperazine rings is 1. The number of carbonyl (C=O) groups is 1. The maximum Gasteiger partial charge on any atom is 0.252 e. The lowest BCUT2D eigenvalue weighted by atomic mass is 10.2. The highest BCUT2D eigenvalue weighted by Gasteiger charge is 2.19. The number of nitrogens with one attached hydrogen (secondary N) is 1. The van der Waals surface area contributed by atoms with Crippen LogP contribution in [0.25, 0.3) is 5.52 Å². The van der Waals surface area contributed by atoms with Gasteiger partial charge in [0.25, 0.3) is 5.91 Å². The molecule has 0 atom stereocenters. The van der Waals surface area contributed by atoms with Crippen molar-refractivity contribution < 1.29 is 14.3 Å². The monoisotopic (exact) mass is 415 g/mol. The Bertz CT molecular complexity index is 825. The van der Waals surface area contributed by atoms with Gasteiger partial charge in [0.15, 0.2) is 0 Å². The molecule has 164 valence electrons. The van der Waals surface area contributed by atoms with Gasteiger partial charge in [0.05, 0.1) is 25.4 Å². The van der Waals surface area contributed by atoms with Gasteiger partial charge >= 0.3 is 0 Å². The first-order valence-electron chi connectivity index (χ1n) is 10.9. The van der Waals surface area contributed by atoms with Gasteiger partial charge in [0.1, 0.15) is 5.82 Å². The molecule has 8 heteroatoms. The normalized spacial score (nSPS) is 18.8. The summed E-state index contributed by atoms with van der Waals surface area (Å²) in [5.74, 6) is 1.13. The van der Waals surface area contributed by atoms with Crippen molar-refractivity contribution in [3.05, 3.63) is 36.0 Å². The van der Waals surface area contributed by atoms with Gasteiger partial charge < -0.3 is 24.1 Å². The summed E-state index contributed by atoms with van der Waals surface area (Å²) in [6.45, 7) is 10.7. The van der Waals surface area contributed by atoms with Gasteiger partial charge in [-0.15, -0.1) is 0 Å². The summed E-state index contributed by atoms with van der Waals surface area (Å²) >= 11 is 0. The molecule has 2 aliphatic heterocycles. The summed E-state index contributed by atoms with van der Waals surface area (Å²) in [7, 11) is 1.75. The summed E-state index contributed by atoms with van der Waals surface area (Å²) in [4.78, 5) is 19.8. The molecule has 2 aromatic heterocycles. The Hall–Kier alpha value is -2.13. The number of methoxy groups -OCH3 is 1. The van der Waals surface area contributed by atoms with Gasteiger partial charge in [-0.1, -0.05) is 0 Å². The number of rotatable bonds is 8. The van der Waals surface area contributed by atoms with Crippen molar-refractivity contribution in [3.8, 4) is 0 Å². The standard InChI is InChI=1S/C22H33N5O3/c1-29-15-12-25-8-10-26(11-9-25)21-5-4-20-3-2-19(18-27(20)21)22(28)23-6-7-24-13-16-30-17-14-24/h2-5,18H,6-17H2,1H3,(H,23,28). The van der Waals surface area contributed by atoms with E-state index in [1.165, 1.54) is 0 Å². The lowest BCUT2D eigenvalue weighted by molar-refractivity contribution is 0.0383. The fraction of sp³-hybridized carbons (Fsp3) is 0.591.